The summed E-state index contributed by atoms with van der Waals surface area (Å²) >= 11 is 0. The van der Waals surface area contributed by atoms with Crippen LogP contribution in [-0.2, 0) is 6.54 Å². The summed E-state index contributed by atoms with van der Waals surface area (Å²) in [7, 11) is 1.31. The van der Waals surface area contributed by atoms with Crippen molar-refractivity contribution >= 4 is 11.6 Å². The Morgan fingerprint density at radius 3 is 2.42 bits per heavy atom. The first-order valence-corrected chi connectivity index (χ1v) is 9.51. The third kappa shape index (κ3) is 5.17. The molecular formula is C22H22F3N3O3. The fourth-order valence-electron chi connectivity index (χ4n) is 2.93. The van der Waals surface area contributed by atoms with Crippen LogP contribution in [0.25, 0.3) is 0 Å². The summed E-state index contributed by atoms with van der Waals surface area (Å²) in [5.74, 6) is -3.48. The summed E-state index contributed by atoms with van der Waals surface area (Å²) in [4.78, 5) is 16.2. The minimum Gasteiger partial charge on any atom is -0.491 e. The number of hydrogen-bond acceptors (Lipinski definition) is 5. The maximum atomic E-state index is 13.7. The Bertz CT molecular complexity index is 1140. The molecule has 0 amide bonds. The van der Waals surface area contributed by atoms with Crippen molar-refractivity contribution in [1.29, 1.82) is 0 Å². The smallest absolute Gasteiger partial charge is 0.316 e. The lowest BCUT2D eigenvalue weighted by Crippen LogP contribution is -2.19. The summed E-state index contributed by atoms with van der Waals surface area (Å²) < 4.78 is 52.8. The Morgan fingerprint density at radius 1 is 1.13 bits per heavy atom. The zero-order valence-corrected chi connectivity index (χ0v) is 17.5. The lowest BCUT2D eigenvalue weighted by atomic mass is 10.2. The predicted molar refractivity (Wildman–Crippen MR) is 111 cm³/mol. The highest BCUT2D eigenvalue weighted by Crippen LogP contribution is 2.26. The second kappa shape index (κ2) is 9.11. The molecule has 0 saturated heterocycles. The fourth-order valence-corrected chi connectivity index (χ4v) is 2.93. The van der Waals surface area contributed by atoms with Crippen LogP contribution in [0.3, 0.4) is 0 Å². The van der Waals surface area contributed by atoms with E-state index in [1.165, 1.54) is 17.9 Å². The molecule has 0 atom stereocenters. The Kier molecular flexibility index (Phi) is 6.53. The molecule has 3 rings (SSSR count). The minimum absolute atomic E-state index is 0.0314. The van der Waals surface area contributed by atoms with Crippen molar-refractivity contribution in [3.63, 3.8) is 0 Å². The fraction of sp³-hybridized carbons (Fsp3) is 0.273. The first kappa shape index (κ1) is 22.2. The first-order valence-electron chi connectivity index (χ1n) is 9.51. The molecule has 1 aromatic heterocycles. The van der Waals surface area contributed by atoms with Gasteiger partial charge < -0.3 is 19.4 Å². The van der Waals surface area contributed by atoms with E-state index in [2.05, 4.69) is 10.3 Å². The highest BCUT2D eigenvalue weighted by atomic mass is 19.2. The second-order valence-corrected chi connectivity index (χ2v) is 7.21. The van der Waals surface area contributed by atoms with Crippen LogP contribution in [0.5, 0.6) is 11.5 Å². The van der Waals surface area contributed by atoms with E-state index in [0.717, 1.165) is 17.7 Å². The quantitative estimate of drug-likeness (QED) is 0.554. The van der Waals surface area contributed by atoms with E-state index in [9.17, 15) is 18.0 Å². The highest BCUT2D eigenvalue weighted by molar-refractivity contribution is 5.61. The second-order valence-electron chi connectivity index (χ2n) is 7.21. The number of methoxy groups -OCH3 is 1. The molecule has 0 aliphatic heterocycles. The molecular weight excluding hydrogens is 411 g/mol. The molecule has 0 spiro atoms. The molecule has 0 aliphatic carbocycles. The number of anilines is 2. The van der Waals surface area contributed by atoms with Gasteiger partial charge in [0.15, 0.2) is 17.5 Å². The van der Waals surface area contributed by atoms with Gasteiger partial charge in [0.1, 0.15) is 5.75 Å². The van der Waals surface area contributed by atoms with Gasteiger partial charge >= 0.3 is 5.56 Å². The number of nitrogens with one attached hydrogen (secondary N) is 1. The van der Waals surface area contributed by atoms with Gasteiger partial charge in [0.25, 0.3) is 0 Å². The average Bonchev–Trinajstić information content (AvgIpc) is 2.70. The SMILES string of the molecule is COc1cn(Cc2cc(F)c(F)c(F)c2)c(Nc2cc(OC(C)C)ccc2C)nc1=O. The minimum atomic E-state index is -1.55. The Hall–Kier alpha value is -3.49. The largest absolute Gasteiger partial charge is 0.491 e. The highest BCUT2D eigenvalue weighted by Gasteiger charge is 2.15. The molecule has 2 aromatic carbocycles. The van der Waals surface area contributed by atoms with Gasteiger partial charge in [-0.3, -0.25) is 4.79 Å². The van der Waals surface area contributed by atoms with Crippen LogP contribution in [0, 0.1) is 24.4 Å². The van der Waals surface area contributed by atoms with E-state index in [-0.39, 0.29) is 29.9 Å². The maximum absolute atomic E-state index is 13.7. The summed E-state index contributed by atoms with van der Waals surface area (Å²) in [6, 6.07) is 7.19. The molecule has 0 saturated carbocycles. The summed E-state index contributed by atoms with van der Waals surface area (Å²) in [6.07, 6.45) is 1.33. The monoisotopic (exact) mass is 433 g/mol. The molecule has 1 heterocycles. The van der Waals surface area contributed by atoms with Crippen LogP contribution in [0.1, 0.15) is 25.0 Å². The summed E-state index contributed by atoms with van der Waals surface area (Å²) in [5.41, 5.74) is 0.998. The molecule has 6 nitrogen and oxygen atoms in total. The van der Waals surface area contributed by atoms with Crippen molar-refractivity contribution in [2.75, 3.05) is 12.4 Å². The van der Waals surface area contributed by atoms with Crippen molar-refractivity contribution in [2.45, 2.75) is 33.4 Å². The van der Waals surface area contributed by atoms with Crippen LogP contribution in [0.2, 0.25) is 0 Å². The molecule has 0 unspecified atom stereocenters. The van der Waals surface area contributed by atoms with Gasteiger partial charge in [0.2, 0.25) is 11.7 Å². The van der Waals surface area contributed by atoms with E-state index < -0.39 is 23.0 Å². The molecule has 0 bridgehead atoms. The van der Waals surface area contributed by atoms with Gasteiger partial charge in [-0.15, -0.1) is 0 Å². The average molecular weight is 433 g/mol. The van der Waals surface area contributed by atoms with Crippen molar-refractivity contribution in [3.8, 4) is 11.5 Å². The van der Waals surface area contributed by atoms with Gasteiger partial charge in [0, 0.05) is 11.8 Å². The summed E-state index contributed by atoms with van der Waals surface area (Å²) in [6.45, 7) is 5.56. The molecule has 1 N–H and O–H groups in total. The number of hydrogen-bond donors (Lipinski definition) is 1. The van der Waals surface area contributed by atoms with Crippen LogP contribution in [0.15, 0.2) is 41.3 Å². The molecule has 31 heavy (non-hydrogen) atoms. The van der Waals surface area contributed by atoms with Gasteiger partial charge in [-0.2, -0.15) is 4.98 Å². The van der Waals surface area contributed by atoms with E-state index in [0.29, 0.717) is 11.4 Å². The van der Waals surface area contributed by atoms with Crippen LogP contribution >= 0.6 is 0 Å². The van der Waals surface area contributed by atoms with E-state index in [4.69, 9.17) is 9.47 Å². The van der Waals surface area contributed by atoms with E-state index in [1.54, 1.807) is 6.07 Å². The Morgan fingerprint density at radius 2 is 1.81 bits per heavy atom. The van der Waals surface area contributed by atoms with Crippen LogP contribution in [-0.4, -0.2) is 22.8 Å². The van der Waals surface area contributed by atoms with Gasteiger partial charge in [-0.05, 0) is 50.1 Å². The molecule has 164 valence electrons. The van der Waals surface area contributed by atoms with Crippen LogP contribution < -0.4 is 20.3 Å². The van der Waals surface area contributed by atoms with Gasteiger partial charge in [0.05, 0.1) is 26.0 Å². The number of benzene rings is 2. The normalized spacial score (nSPS) is 11.0. The Labute approximate surface area is 177 Å². The van der Waals surface area contributed by atoms with Crippen molar-refractivity contribution < 1.29 is 22.6 Å². The number of ether oxygens (including phenoxy) is 2. The topological polar surface area (TPSA) is 65.4 Å². The Balaban J connectivity index is 2.03. The number of aryl methyl sites for hydroxylation is 1. The third-order valence-corrected chi connectivity index (χ3v) is 4.41. The maximum Gasteiger partial charge on any atom is 0.316 e. The number of rotatable bonds is 7. The zero-order valence-electron chi connectivity index (χ0n) is 17.5. The van der Waals surface area contributed by atoms with Crippen molar-refractivity contribution in [1.82, 2.24) is 9.55 Å². The molecule has 9 heteroatoms. The van der Waals surface area contributed by atoms with Crippen molar-refractivity contribution in [2.24, 2.45) is 0 Å². The van der Waals surface area contributed by atoms with E-state index >= 15 is 0 Å². The van der Waals surface area contributed by atoms with Gasteiger partial charge in [-0.25, -0.2) is 13.2 Å². The molecule has 3 aromatic rings. The lowest BCUT2D eigenvalue weighted by molar-refractivity contribution is 0.242. The zero-order chi connectivity index (χ0) is 22.7. The first-order chi connectivity index (χ1) is 14.7. The van der Waals surface area contributed by atoms with Crippen molar-refractivity contribution in [3.05, 3.63) is 75.5 Å². The molecule has 0 fully saturated rings. The van der Waals surface area contributed by atoms with Gasteiger partial charge in [-0.1, -0.05) is 6.07 Å². The number of nitrogens with zero attached hydrogens (tertiary/aromatic N) is 2. The lowest BCUT2D eigenvalue weighted by Gasteiger charge is -2.18. The van der Waals surface area contributed by atoms with E-state index in [1.807, 2.05) is 32.9 Å². The summed E-state index contributed by atoms with van der Waals surface area (Å²) in [5, 5.41) is 3.06. The molecule has 0 radical (unpaired) electrons. The number of halogens is 3. The van der Waals surface area contributed by atoms with Crippen LogP contribution in [0.4, 0.5) is 24.8 Å². The molecule has 0 aliphatic rings. The third-order valence-electron chi connectivity index (χ3n) is 4.41. The standard InChI is InChI=1S/C22H22F3N3O3/c1-12(2)31-15-6-5-13(3)18(9-15)26-22-27-21(29)19(30-4)11-28(22)10-14-7-16(23)20(25)17(24)8-14/h5-9,11-12H,10H2,1-4H3,(H,26,27,29). The predicted octanol–water partition coefficient (Wildman–Crippen LogP) is 4.56. The number of aromatic nitrogens is 2.